The van der Waals surface area contributed by atoms with Gasteiger partial charge in [-0.05, 0) is 36.4 Å². The number of nitrogens with one attached hydrogen (secondary N) is 1. The van der Waals surface area contributed by atoms with Crippen molar-refractivity contribution in [3.8, 4) is 0 Å². The van der Waals surface area contributed by atoms with Crippen LogP contribution in [0, 0.1) is 21.7 Å². The maximum absolute atomic E-state index is 13.9. The van der Waals surface area contributed by atoms with Crippen LogP contribution in [0.2, 0.25) is 0 Å². The van der Waals surface area contributed by atoms with Crippen LogP contribution in [0.3, 0.4) is 0 Å². The molecule has 0 bridgehead atoms. The van der Waals surface area contributed by atoms with E-state index in [1.807, 2.05) is 0 Å². The number of nitro groups is 1. The normalized spacial score (nSPS) is 10.4. The molecule has 0 aliphatic rings. The van der Waals surface area contributed by atoms with Gasteiger partial charge in [0.25, 0.3) is 11.6 Å². The molecule has 0 unspecified atom stereocenters. The van der Waals surface area contributed by atoms with Gasteiger partial charge < -0.3 is 5.32 Å². The van der Waals surface area contributed by atoms with Crippen molar-refractivity contribution in [2.24, 2.45) is 0 Å². The lowest BCUT2D eigenvalue weighted by Gasteiger charge is -2.08. The second-order valence-electron chi connectivity index (χ2n) is 5.44. The predicted molar refractivity (Wildman–Crippen MR) is 98.0 cm³/mol. The molecule has 0 aliphatic carbocycles. The molecule has 27 heavy (non-hydrogen) atoms. The summed E-state index contributed by atoms with van der Waals surface area (Å²) >= 11 is 0.752. The van der Waals surface area contributed by atoms with Crippen molar-refractivity contribution in [3.63, 3.8) is 0 Å². The molecule has 0 spiro atoms. The van der Waals surface area contributed by atoms with Crippen molar-refractivity contribution in [1.29, 1.82) is 0 Å². The number of benzene rings is 3. The summed E-state index contributed by atoms with van der Waals surface area (Å²) in [4.78, 5) is 23.1. The molecule has 1 amide bonds. The summed E-state index contributed by atoms with van der Waals surface area (Å²) in [5.41, 5.74) is 0.467. The second-order valence-corrected chi connectivity index (χ2v) is 6.52. The molecule has 3 aromatic carbocycles. The first-order valence-corrected chi connectivity index (χ1v) is 8.53. The molecule has 0 saturated carbocycles. The zero-order chi connectivity index (χ0) is 19.4. The molecular formula is C19H12F2N2O3S. The Morgan fingerprint density at radius 1 is 0.963 bits per heavy atom. The molecule has 0 heterocycles. The van der Waals surface area contributed by atoms with Crippen molar-refractivity contribution in [2.75, 3.05) is 5.32 Å². The third-order valence-electron chi connectivity index (χ3n) is 3.56. The Kier molecular flexibility index (Phi) is 5.46. The van der Waals surface area contributed by atoms with Gasteiger partial charge in [-0.25, -0.2) is 8.78 Å². The summed E-state index contributed by atoms with van der Waals surface area (Å²) < 4.78 is 27.0. The predicted octanol–water partition coefficient (Wildman–Crippen LogP) is 5.28. The smallest absolute Gasteiger partial charge is 0.283 e. The van der Waals surface area contributed by atoms with Gasteiger partial charge >= 0.3 is 0 Å². The number of rotatable bonds is 5. The highest BCUT2D eigenvalue weighted by atomic mass is 32.2. The zero-order valence-electron chi connectivity index (χ0n) is 13.7. The SMILES string of the molecule is O=C(Nc1ccccc1)c1ccc([N+](=O)[O-])c(Sc2ccc(F)cc2F)c1. The summed E-state index contributed by atoms with van der Waals surface area (Å²) in [5.74, 6) is -2.05. The number of amides is 1. The van der Waals surface area contributed by atoms with Gasteiger partial charge in [0.2, 0.25) is 0 Å². The van der Waals surface area contributed by atoms with Gasteiger partial charge in [0, 0.05) is 28.3 Å². The van der Waals surface area contributed by atoms with E-state index >= 15 is 0 Å². The highest BCUT2D eigenvalue weighted by Crippen LogP contribution is 2.37. The summed E-state index contributed by atoms with van der Waals surface area (Å²) in [7, 11) is 0. The molecule has 0 aliphatic heterocycles. The third-order valence-corrected chi connectivity index (χ3v) is 4.66. The topological polar surface area (TPSA) is 72.2 Å². The van der Waals surface area contributed by atoms with Crippen molar-refractivity contribution in [2.45, 2.75) is 9.79 Å². The molecule has 136 valence electrons. The molecule has 0 fully saturated rings. The monoisotopic (exact) mass is 386 g/mol. The highest BCUT2D eigenvalue weighted by molar-refractivity contribution is 7.99. The largest absolute Gasteiger partial charge is 0.322 e. The molecule has 3 rings (SSSR count). The fraction of sp³-hybridized carbons (Fsp3) is 0. The minimum atomic E-state index is -0.839. The molecule has 5 nitrogen and oxygen atoms in total. The van der Waals surface area contributed by atoms with Crippen LogP contribution in [-0.4, -0.2) is 10.8 Å². The molecule has 0 radical (unpaired) electrons. The Labute approximate surface area is 157 Å². The van der Waals surface area contributed by atoms with Gasteiger partial charge in [0.05, 0.1) is 9.82 Å². The van der Waals surface area contributed by atoms with E-state index in [0.717, 1.165) is 17.8 Å². The minimum absolute atomic E-state index is 0.0140. The van der Waals surface area contributed by atoms with Gasteiger partial charge in [0.1, 0.15) is 11.6 Å². The van der Waals surface area contributed by atoms with Crippen molar-refractivity contribution in [3.05, 3.63) is 94.0 Å². The lowest BCUT2D eigenvalue weighted by molar-refractivity contribution is -0.387. The van der Waals surface area contributed by atoms with Gasteiger partial charge in [-0.2, -0.15) is 0 Å². The summed E-state index contributed by atoms with van der Waals surface area (Å²) in [6.45, 7) is 0. The van der Waals surface area contributed by atoms with Crippen LogP contribution >= 0.6 is 11.8 Å². The molecular weight excluding hydrogens is 374 g/mol. The standard InChI is InChI=1S/C19H12F2N2O3S/c20-13-7-9-17(15(21)11-13)27-18-10-12(6-8-16(18)23(25)26)19(24)22-14-4-2-1-3-5-14/h1-11H,(H,22,24). The Morgan fingerprint density at radius 3 is 2.37 bits per heavy atom. The molecule has 3 aromatic rings. The average Bonchev–Trinajstić information content (AvgIpc) is 2.64. The average molecular weight is 386 g/mol. The first-order valence-electron chi connectivity index (χ1n) is 7.72. The van der Waals surface area contributed by atoms with Crippen LogP contribution in [0.4, 0.5) is 20.2 Å². The number of halogens is 2. The summed E-state index contributed by atoms with van der Waals surface area (Å²) in [6, 6.07) is 15.5. The number of para-hydroxylation sites is 1. The summed E-state index contributed by atoms with van der Waals surface area (Å²) in [5, 5.41) is 13.9. The maximum Gasteiger partial charge on any atom is 0.283 e. The number of carbonyl (C=O) groups is 1. The second kappa shape index (κ2) is 7.96. The van der Waals surface area contributed by atoms with Crippen LogP contribution in [0.25, 0.3) is 0 Å². The highest BCUT2D eigenvalue weighted by Gasteiger charge is 2.19. The Bertz CT molecular complexity index is 1010. The first-order chi connectivity index (χ1) is 12.9. The minimum Gasteiger partial charge on any atom is -0.322 e. The first kappa shape index (κ1) is 18.5. The van der Waals surface area contributed by atoms with Gasteiger partial charge in [0.15, 0.2) is 0 Å². The molecule has 0 atom stereocenters. The van der Waals surface area contributed by atoms with E-state index in [0.29, 0.717) is 11.8 Å². The molecule has 8 heteroatoms. The van der Waals surface area contributed by atoms with E-state index in [1.54, 1.807) is 30.3 Å². The quantitative estimate of drug-likeness (QED) is 0.479. The maximum atomic E-state index is 13.9. The molecule has 1 N–H and O–H groups in total. The zero-order valence-corrected chi connectivity index (χ0v) is 14.5. The lowest BCUT2D eigenvalue weighted by Crippen LogP contribution is -2.12. The number of nitro benzene ring substituents is 1. The van der Waals surface area contributed by atoms with Gasteiger partial charge in [-0.15, -0.1) is 0 Å². The lowest BCUT2D eigenvalue weighted by atomic mass is 10.2. The van der Waals surface area contributed by atoms with Crippen LogP contribution in [0.15, 0.2) is 76.5 Å². The van der Waals surface area contributed by atoms with E-state index in [4.69, 9.17) is 0 Å². The number of carbonyl (C=O) groups excluding carboxylic acids is 1. The van der Waals surface area contributed by atoms with E-state index in [1.165, 1.54) is 24.3 Å². The van der Waals surface area contributed by atoms with Crippen molar-refractivity contribution >= 4 is 29.0 Å². The number of nitrogens with zero attached hydrogens (tertiary/aromatic N) is 1. The van der Waals surface area contributed by atoms with E-state index in [9.17, 15) is 23.7 Å². The van der Waals surface area contributed by atoms with Crippen LogP contribution in [-0.2, 0) is 0 Å². The number of hydrogen-bond donors (Lipinski definition) is 1. The van der Waals surface area contributed by atoms with Gasteiger partial charge in [-0.3, -0.25) is 14.9 Å². The fourth-order valence-corrected chi connectivity index (χ4v) is 3.25. The Morgan fingerprint density at radius 2 is 1.70 bits per heavy atom. The number of hydrogen-bond acceptors (Lipinski definition) is 4. The van der Waals surface area contributed by atoms with Crippen LogP contribution in [0.5, 0.6) is 0 Å². The van der Waals surface area contributed by atoms with Gasteiger partial charge in [-0.1, -0.05) is 30.0 Å². The van der Waals surface area contributed by atoms with E-state index in [-0.39, 0.29) is 21.0 Å². The fourth-order valence-electron chi connectivity index (χ4n) is 2.29. The van der Waals surface area contributed by atoms with Crippen LogP contribution in [0.1, 0.15) is 10.4 Å². The Balaban J connectivity index is 1.92. The van der Waals surface area contributed by atoms with E-state index in [2.05, 4.69) is 5.32 Å². The van der Waals surface area contributed by atoms with E-state index < -0.39 is 22.5 Å². The molecule has 0 saturated heterocycles. The third kappa shape index (κ3) is 4.48. The van der Waals surface area contributed by atoms with Crippen molar-refractivity contribution in [1.82, 2.24) is 0 Å². The van der Waals surface area contributed by atoms with Crippen molar-refractivity contribution < 1.29 is 18.5 Å². The molecule has 0 aromatic heterocycles. The Hall–Kier alpha value is -3.26. The summed E-state index contributed by atoms with van der Waals surface area (Å²) in [6.07, 6.45) is 0. The van der Waals surface area contributed by atoms with Crippen LogP contribution < -0.4 is 5.32 Å². The number of anilines is 1.